The van der Waals surface area contributed by atoms with Crippen LogP contribution in [0.5, 0.6) is 5.75 Å². The first kappa shape index (κ1) is 22.4. The number of thiazole rings is 1. The SMILES string of the molecule is Cc1ccc(-n2nc(C)c3sc(N4CCC(NC(=O)COc5cccc(C)c5)CC4)nc32)cc1. The minimum atomic E-state index is -0.0752. The van der Waals surface area contributed by atoms with Crippen LogP contribution in [0.25, 0.3) is 16.0 Å². The Morgan fingerprint density at radius 3 is 2.59 bits per heavy atom. The smallest absolute Gasteiger partial charge is 0.258 e. The Morgan fingerprint density at radius 1 is 1.09 bits per heavy atom. The summed E-state index contributed by atoms with van der Waals surface area (Å²) in [7, 11) is 0. The lowest BCUT2D eigenvalue weighted by molar-refractivity contribution is -0.123. The van der Waals surface area contributed by atoms with Gasteiger partial charge in [0, 0.05) is 19.1 Å². The molecule has 3 heterocycles. The molecular formula is C26H29N5O2S. The lowest BCUT2D eigenvalue weighted by Gasteiger charge is -2.32. The number of piperidine rings is 1. The third kappa shape index (κ3) is 4.77. The number of rotatable bonds is 6. The van der Waals surface area contributed by atoms with Crippen LogP contribution >= 0.6 is 11.3 Å². The number of nitrogens with zero attached hydrogens (tertiary/aromatic N) is 4. The van der Waals surface area contributed by atoms with E-state index in [-0.39, 0.29) is 18.6 Å². The average Bonchev–Trinajstić information content (AvgIpc) is 3.40. The number of anilines is 1. The molecule has 0 atom stereocenters. The zero-order chi connectivity index (χ0) is 23.7. The Morgan fingerprint density at radius 2 is 1.85 bits per heavy atom. The highest BCUT2D eigenvalue weighted by Crippen LogP contribution is 2.33. The standard InChI is InChI=1S/C26H29N5O2S/c1-17-7-9-21(10-8-17)31-25-24(19(3)29-31)34-26(28-25)30-13-11-20(12-14-30)27-23(32)16-33-22-6-4-5-18(2)15-22/h4-10,15,20H,11-14,16H2,1-3H3,(H,27,32). The zero-order valence-electron chi connectivity index (χ0n) is 19.7. The summed E-state index contributed by atoms with van der Waals surface area (Å²) >= 11 is 1.70. The monoisotopic (exact) mass is 475 g/mol. The largest absolute Gasteiger partial charge is 0.484 e. The molecule has 4 aromatic rings. The minimum Gasteiger partial charge on any atom is -0.484 e. The second-order valence-corrected chi connectivity index (χ2v) is 9.89. The van der Waals surface area contributed by atoms with Gasteiger partial charge < -0.3 is 15.0 Å². The van der Waals surface area contributed by atoms with E-state index < -0.39 is 0 Å². The van der Waals surface area contributed by atoms with E-state index in [4.69, 9.17) is 14.8 Å². The summed E-state index contributed by atoms with van der Waals surface area (Å²) in [5.41, 5.74) is 5.26. The topological polar surface area (TPSA) is 72.3 Å². The molecule has 8 heteroatoms. The first-order valence-electron chi connectivity index (χ1n) is 11.6. The van der Waals surface area contributed by atoms with Crippen molar-refractivity contribution in [1.29, 1.82) is 0 Å². The number of hydrogen-bond donors (Lipinski definition) is 1. The van der Waals surface area contributed by atoms with Crippen LogP contribution in [0.3, 0.4) is 0 Å². The van der Waals surface area contributed by atoms with E-state index >= 15 is 0 Å². The van der Waals surface area contributed by atoms with E-state index in [0.717, 1.165) is 64.1 Å². The van der Waals surface area contributed by atoms with E-state index in [1.54, 1.807) is 11.3 Å². The number of nitrogens with one attached hydrogen (secondary N) is 1. The molecule has 1 fully saturated rings. The fourth-order valence-electron chi connectivity index (χ4n) is 4.26. The van der Waals surface area contributed by atoms with Crippen molar-refractivity contribution in [3.8, 4) is 11.4 Å². The fourth-order valence-corrected chi connectivity index (χ4v) is 5.30. The maximum atomic E-state index is 12.4. The molecule has 176 valence electrons. The molecule has 1 saturated heterocycles. The van der Waals surface area contributed by atoms with Crippen molar-refractivity contribution in [3.63, 3.8) is 0 Å². The molecule has 1 N–H and O–H groups in total. The number of aryl methyl sites for hydroxylation is 3. The molecule has 34 heavy (non-hydrogen) atoms. The zero-order valence-corrected chi connectivity index (χ0v) is 20.6. The van der Waals surface area contributed by atoms with Gasteiger partial charge in [-0.2, -0.15) is 10.1 Å². The van der Waals surface area contributed by atoms with Gasteiger partial charge in [-0.1, -0.05) is 41.2 Å². The van der Waals surface area contributed by atoms with Gasteiger partial charge in [-0.15, -0.1) is 0 Å². The quantitative estimate of drug-likeness (QED) is 0.442. The molecule has 0 unspecified atom stereocenters. The van der Waals surface area contributed by atoms with Gasteiger partial charge in [-0.25, -0.2) is 4.68 Å². The van der Waals surface area contributed by atoms with Crippen LogP contribution in [-0.4, -0.2) is 46.4 Å². The van der Waals surface area contributed by atoms with Gasteiger partial charge in [0.25, 0.3) is 5.91 Å². The summed E-state index contributed by atoms with van der Waals surface area (Å²) in [5.74, 6) is 0.647. The van der Waals surface area contributed by atoms with E-state index in [1.165, 1.54) is 5.56 Å². The molecule has 0 saturated carbocycles. The molecule has 2 aromatic carbocycles. The van der Waals surface area contributed by atoms with E-state index in [1.807, 2.05) is 42.8 Å². The maximum absolute atomic E-state index is 12.4. The van der Waals surface area contributed by atoms with Gasteiger partial charge >= 0.3 is 0 Å². The number of ether oxygens (including phenoxy) is 1. The Balaban J connectivity index is 1.19. The number of fused-ring (bicyclic) bond motifs is 1. The number of carbonyl (C=O) groups is 1. The van der Waals surface area contributed by atoms with E-state index in [9.17, 15) is 4.79 Å². The number of hydrogen-bond acceptors (Lipinski definition) is 6. The molecule has 0 bridgehead atoms. The summed E-state index contributed by atoms with van der Waals surface area (Å²) < 4.78 is 8.69. The van der Waals surface area contributed by atoms with Crippen LogP contribution < -0.4 is 15.0 Å². The second kappa shape index (κ2) is 9.46. The predicted octanol–water partition coefficient (Wildman–Crippen LogP) is 4.57. The minimum absolute atomic E-state index is 0.0380. The molecular weight excluding hydrogens is 446 g/mol. The highest BCUT2D eigenvalue weighted by Gasteiger charge is 2.24. The van der Waals surface area contributed by atoms with Crippen molar-refractivity contribution in [2.75, 3.05) is 24.6 Å². The summed E-state index contributed by atoms with van der Waals surface area (Å²) in [5, 5.41) is 8.85. The highest BCUT2D eigenvalue weighted by atomic mass is 32.1. The first-order valence-corrected chi connectivity index (χ1v) is 12.4. The third-order valence-electron chi connectivity index (χ3n) is 6.15. The lowest BCUT2D eigenvalue weighted by atomic mass is 10.1. The van der Waals surface area contributed by atoms with Crippen LogP contribution in [0.1, 0.15) is 29.7 Å². The van der Waals surface area contributed by atoms with E-state index in [2.05, 4.69) is 41.4 Å². The molecule has 5 rings (SSSR count). The third-order valence-corrected chi connectivity index (χ3v) is 7.36. The Hall–Kier alpha value is -3.39. The van der Waals surface area contributed by atoms with Gasteiger partial charge in [0.05, 0.1) is 16.1 Å². The van der Waals surface area contributed by atoms with Gasteiger partial charge in [-0.3, -0.25) is 4.79 Å². The highest BCUT2D eigenvalue weighted by molar-refractivity contribution is 7.22. The van der Waals surface area contributed by atoms with Crippen LogP contribution in [0, 0.1) is 20.8 Å². The molecule has 0 aliphatic carbocycles. The van der Waals surface area contributed by atoms with Crippen LogP contribution in [0.15, 0.2) is 48.5 Å². The Labute approximate surface area is 203 Å². The number of carbonyl (C=O) groups excluding carboxylic acids is 1. The van der Waals surface area contributed by atoms with Gasteiger partial charge in [0.2, 0.25) is 0 Å². The van der Waals surface area contributed by atoms with Crippen molar-refractivity contribution in [3.05, 3.63) is 65.4 Å². The average molecular weight is 476 g/mol. The summed E-state index contributed by atoms with van der Waals surface area (Å²) in [4.78, 5) is 19.6. The van der Waals surface area contributed by atoms with Crippen LogP contribution in [0.4, 0.5) is 5.13 Å². The van der Waals surface area contributed by atoms with Crippen LogP contribution in [0.2, 0.25) is 0 Å². The van der Waals surface area contributed by atoms with Crippen LogP contribution in [-0.2, 0) is 4.79 Å². The number of benzene rings is 2. The Kier molecular flexibility index (Phi) is 6.24. The van der Waals surface area contributed by atoms with Crippen molar-refractivity contribution in [2.45, 2.75) is 39.7 Å². The maximum Gasteiger partial charge on any atom is 0.258 e. The molecule has 1 amide bonds. The first-order chi connectivity index (χ1) is 16.5. The van der Waals surface area contributed by atoms with Gasteiger partial charge in [-0.05, 0) is 63.4 Å². The van der Waals surface area contributed by atoms with Crippen molar-refractivity contribution >= 4 is 32.7 Å². The Bertz CT molecular complexity index is 1300. The lowest BCUT2D eigenvalue weighted by Crippen LogP contribution is -2.46. The summed E-state index contributed by atoms with van der Waals surface area (Å²) in [6, 6.07) is 16.2. The second-order valence-electron chi connectivity index (χ2n) is 8.92. The molecule has 2 aromatic heterocycles. The summed E-state index contributed by atoms with van der Waals surface area (Å²) in [6.07, 6.45) is 1.77. The number of aromatic nitrogens is 3. The molecule has 1 aliphatic rings. The van der Waals surface area contributed by atoms with E-state index in [0.29, 0.717) is 0 Å². The molecule has 0 spiro atoms. The molecule has 1 aliphatic heterocycles. The molecule has 0 radical (unpaired) electrons. The van der Waals surface area contributed by atoms with Gasteiger partial charge in [0.15, 0.2) is 17.4 Å². The normalized spacial score (nSPS) is 14.5. The van der Waals surface area contributed by atoms with Crippen molar-refractivity contribution in [2.24, 2.45) is 0 Å². The number of amides is 1. The summed E-state index contributed by atoms with van der Waals surface area (Å²) in [6.45, 7) is 7.88. The van der Waals surface area contributed by atoms with Crippen molar-refractivity contribution in [1.82, 2.24) is 20.1 Å². The predicted molar refractivity (Wildman–Crippen MR) is 136 cm³/mol. The van der Waals surface area contributed by atoms with Gasteiger partial charge in [0.1, 0.15) is 5.75 Å². The van der Waals surface area contributed by atoms with Crippen molar-refractivity contribution < 1.29 is 9.53 Å². The fraction of sp³-hybridized carbons (Fsp3) is 0.346. The molecule has 7 nitrogen and oxygen atoms in total.